The van der Waals surface area contributed by atoms with Crippen molar-refractivity contribution in [1.82, 2.24) is 9.97 Å². The van der Waals surface area contributed by atoms with E-state index in [0.29, 0.717) is 28.7 Å². The predicted octanol–water partition coefficient (Wildman–Crippen LogP) is 8.66. The summed E-state index contributed by atoms with van der Waals surface area (Å²) in [5.41, 5.74) is 4.41. The van der Waals surface area contributed by atoms with Gasteiger partial charge in [-0.15, -0.1) is 12.1 Å². The van der Waals surface area contributed by atoms with Crippen LogP contribution in [0.25, 0.3) is 22.5 Å². The molecule has 6 heteroatoms. The van der Waals surface area contributed by atoms with Crippen LogP contribution in [-0.2, 0) is 20.1 Å². The normalized spacial score (nSPS) is 12.2. The van der Waals surface area contributed by atoms with Gasteiger partial charge in [-0.25, -0.2) is 0 Å². The number of ether oxygens (including phenoxy) is 2. The van der Waals surface area contributed by atoms with Crippen LogP contribution in [0.4, 0.5) is 0 Å². The van der Waals surface area contributed by atoms with Gasteiger partial charge in [-0.3, -0.25) is 0 Å². The first kappa shape index (κ1) is 28.3. The van der Waals surface area contributed by atoms with Gasteiger partial charge in [-0.1, -0.05) is 49.2 Å². The molecule has 0 N–H and O–H groups in total. The number of para-hydroxylation sites is 2. The van der Waals surface area contributed by atoms with Crippen LogP contribution in [0.15, 0.2) is 97.3 Å². The Balaban J connectivity index is 0.000000200. The van der Waals surface area contributed by atoms with E-state index >= 15 is 0 Å². The summed E-state index contributed by atoms with van der Waals surface area (Å²) in [6, 6.07) is 33.6. The number of hydrogen-bond acceptors (Lipinski definition) is 4. The molecule has 4 nitrogen and oxygen atoms in total. The molecule has 0 fully saturated rings. The van der Waals surface area contributed by atoms with Crippen LogP contribution in [0, 0.1) is 12.1 Å². The smallest absolute Gasteiger partial charge is 0 e. The number of benzene rings is 3. The first-order chi connectivity index (χ1) is 19.1. The van der Waals surface area contributed by atoms with Gasteiger partial charge in [0, 0.05) is 27.7 Å². The van der Waals surface area contributed by atoms with Crippen molar-refractivity contribution < 1.29 is 30.9 Å². The van der Waals surface area contributed by atoms with Crippen LogP contribution >= 0.6 is 0 Å². The molecule has 0 saturated carbocycles. The molecule has 0 atom stereocenters. The van der Waals surface area contributed by atoms with Crippen LogP contribution in [0.5, 0.6) is 23.0 Å². The van der Waals surface area contributed by atoms with Crippen LogP contribution in [0.3, 0.4) is 0 Å². The second-order valence-corrected chi connectivity index (χ2v) is 21.2. The average Bonchev–Trinajstić information content (AvgIpc) is 2.96. The molecule has 2 aromatic heterocycles. The Hall–Kier alpha value is -3.25. The fraction of sp³-hybridized carbons (Fsp3) is 0.176. The van der Waals surface area contributed by atoms with Crippen molar-refractivity contribution in [3.05, 3.63) is 115 Å². The van der Waals surface area contributed by atoms with E-state index < -0.39 is 19.2 Å². The van der Waals surface area contributed by atoms with Gasteiger partial charge >= 0.3 is 99.8 Å². The molecule has 3 aromatic carbocycles. The molecule has 0 bridgehead atoms. The molecule has 1 aliphatic rings. The standard InChI is InChI=1S/C20H16NO2.C14H16GeN.Ir/c1-13(2)14-10-11-21-16(12-14)15-6-5-9-19-20(15)23-18-8-4-3-7-17(18)22-19;1-15(2,3)13-9-10-14(16-11-13)12-7-5-4-6-8-12;/h3-5,7-13H,1-2H3;4-7,9-11H,1-3H3;/q2*-1;/i13D;;. The van der Waals surface area contributed by atoms with Crippen molar-refractivity contribution in [3.63, 3.8) is 0 Å². The minimum atomic E-state index is -1.72. The van der Waals surface area contributed by atoms with Crippen molar-refractivity contribution >= 4 is 17.7 Å². The Morgan fingerprint density at radius 2 is 1.52 bits per heavy atom. The van der Waals surface area contributed by atoms with Gasteiger partial charge in [0.15, 0.2) is 11.5 Å². The van der Waals surface area contributed by atoms with Crippen molar-refractivity contribution in [2.75, 3.05) is 0 Å². The monoisotopic (exact) mass is 768 g/mol. The third-order valence-electron chi connectivity index (χ3n) is 6.40. The van der Waals surface area contributed by atoms with Crippen molar-refractivity contribution in [2.45, 2.75) is 37.0 Å². The molecule has 3 heterocycles. The number of aromatic nitrogens is 2. The summed E-state index contributed by atoms with van der Waals surface area (Å²) in [7, 11) is 0. The van der Waals surface area contributed by atoms with E-state index in [2.05, 4.69) is 51.5 Å². The minimum Gasteiger partial charge on any atom is 0 e. The van der Waals surface area contributed by atoms with Gasteiger partial charge in [0.05, 0.1) is 11.5 Å². The molecule has 1 aliphatic heterocycles. The zero-order chi connectivity index (χ0) is 28.3. The van der Waals surface area contributed by atoms with E-state index in [4.69, 9.17) is 10.8 Å². The summed E-state index contributed by atoms with van der Waals surface area (Å²) < 4.78 is 21.6. The van der Waals surface area contributed by atoms with Crippen LogP contribution < -0.4 is 13.9 Å². The summed E-state index contributed by atoms with van der Waals surface area (Å²) in [6.07, 6.45) is 3.75. The molecule has 0 amide bonds. The zero-order valence-electron chi connectivity index (χ0n) is 24.3. The molecule has 0 saturated heterocycles. The molecule has 5 aromatic rings. The Bertz CT molecular complexity index is 1620. The molecular weight excluding hydrogens is 733 g/mol. The van der Waals surface area contributed by atoms with E-state index in [0.717, 1.165) is 22.4 Å². The Labute approximate surface area is 255 Å². The quantitative estimate of drug-likeness (QED) is 0.133. The molecule has 0 unspecified atom stereocenters. The van der Waals surface area contributed by atoms with Crippen molar-refractivity contribution in [2.24, 2.45) is 0 Å². The van der Waals surface area contributed by atoms with Gasteiger partial charge in [0.1, 0.15) is 0 Å². The second kappa shape index (κ2) is 12.9. The number of fused-ring (bicyclic) bond motifs is 2. The number of hydrogen-bond donors (Lipinski definition) is 0. The molecule has 40 heavy (non-hydrogen) atoms. The van der Waals surface area contributed by atoms with Gasteiger partial charge in [0.2, 0.25) is 0 Å². The minimum absolute atomic E-state index is 0. The predicted molar refractivity (Wildman–Crippen MR) is 161 cm³/mol. The van der Waals surface area contributed by atoms with Gasteiger partial charge < -0.3 is 14.5 Å². The molecule has 0 aliphatic carbocycles. The first-order valence-electron chi connectivity index (χ1n) is 13.5. The summed E-state index contributed by atoms with van der Waals surface area (Å²) in [5, 5.41) is 0. The van der Waals surface area contributed by atoms with E-state index in [1.807, 2.05) is 86.8 Å². The third kappa shape index (κ3) is 6.90. The van der Waals surface area contributed by atoms with Gasteiger partial charge in [0.25, 0.3) is 0 Å². The summed E-state index contributed by atoms with van der Waals surface area (Å²) in [4.78, 5) is 8.97. The Morgan fingerprint density at radius 3 is 2.17 bits per heavy atom. The zero-order valence-corrected chi connectivity index (χ0v) is 27.8. The molecule has 205 valence electrons. The third-order valence-corrected chi connectivity index (χ3v) is 10.7. The van der Waals surface area contributed by atoms with Crippen molar-refractivity contribution in [1.29, 1.82) is 0 Å². The van der Waals surface area contributed by atoms with E-state index in [1.165, 1.54) is 4.40 Å². The molecular formula is C34H32GeIrN2O2-2. The average molecular weight is 766 g/mol. The van der Waals surface area contributed by atoms with E-state index in [9.17, 15) is 0 Å². The number of nitrogens with zero attached hydrogens (tertiary/aromatic N) is 2. The summed E-state index contributed by atoms with van der Waals surface area (Å²) in [6.45, 7) is 3.71. The fourth-order valence-corrected chi connectivity index (χ4v) is 6.28. The maximum Gasteiger partial charge on any atom is 0 e. The van der Waals surface area contributed by atoms with Crippen LogP contribution in [0.2, 0.25) is 17.3 Å². The topological polar surface area (TPSA) is 44.2 Å². The molecule has 1 radical (unpaired) electrons. The maximum absolute atomic E-state index is 8.22. The van der Waals surface area contributed by atoms with E-state index in [-0.39, 0.29) is 20.1 Å². The summed E-state index contributed by atoms with van der Waals surface area (Å²) >= 11 is -1.72. The number of rotatable bonds is 4. The van der Waals surface area contributed by atoms with Gasteiger partial charge in [-0.05, 0) is 29.8 Å². The molecule has 6 rings (SSSR count). The summed E-state index contributed by atoms with van der Waals surface area (Å²) in [5.74, 6) is 9.04. The number of pyridine rings is 2. The maximum atomic E-state index is 8.22. The largest absolute Gasteiger partial charge is 0 e. The first-order valence-corrected chi connectivity index (χ1v) is 20.3. The SMILES string of the molecule is [2H]C(C)(C)c1ccnc(-c2[c-]ccc3c2Oc2ccccc2O3)c1.[CH3][Ge]([CH3])([CH3])[c]1ccc(-c2[c-]cccc2)nc1.[Ir]. The van der Waals surface area contributed by atoms with Crippen molar-refractivity contribution in [3.8, 4) is 45.5 Å². The Morgan fingerprint density at radius 1 is 0.775 bits per heavy atom. The van der Waals surface area contributed by atoms with Crippen LogP contribution in [-0.4, -0.2) is 23.2 Å². The molecule has 0 spiro atoms. The van der Waals surface area contributed by atoms with E-state index in [1.54, 1.807) is 12.3 Å². The Kier molecular flexibility index (Phi) is 9.15. The van der Waals surface area contributed by atoms with Gasteiger partial charge in [-0.2, -0.15) is 0 Å². The second-order valence-electron chi connectivity index (χ2n) is 10.6. The fourth-order valence-electron chi connectivity index (χ4n) is 4.11. The van der Waals surface area contributed by atoms with Crippen LogP contribution in [0.1, 0.15) is 26.7 Å².